The number of hydrogen-bond donors (Lipinski definition) is 0. The van der Waals surface area contributed by atoms with Crippen molar-refractivity contribution < 1.29 is 14.1 Å². The van der Waals surface area contributed by atoms with Gasteiger partial charge in [0, 0.05) is 32.2 Å². The van der Waals surface area contributed by atoms with Gasteiger partial charge in [-0.15, -0.1) is 12.4 Å². The molecule has 0 spiro atoms. The molecule has 4 rings (SSSR count). The van der Waals surface area contributed by atoms with Gasteiger partial charge in [-0.2, -0.15) is 0 Å². The van der Waals surface area contributed by atoms with Gasteiger partial charge in [0.2, 0.25) is 5.76 Å². The summed E-state index contributed by atoms with van der Waals surface area (Å²) in [7, 11) is 0. The number of anilines is 1. The van der Waals surface area contributed by atoms with Crippen LogP contribution in [0.2, 0.25) is 0 Å². The van der Waals surface area contributed by atoms with E-state index in [-0.39, 0.29) is 24.1 Å². The maximum Gasteiger partial charge on any atom is 0.298 e. The predicted octanol–water partition coefficient (Wildman–Crippen LogP) is 3.30. The smallest absolute Gasteiger partial charge is 0.298 e. The number of carbonyl (C=O) groups excluding carboxylic acids is 1. The summed E-state index contributed by atoms with van der Waals surface area (Å²) in [4.78, 5) is 21.8. The number of benzene rings is 1. The summed E-state index contributed by atoms with van der Waals surface area (Å²) in [5, 5.41) is 4.37. The molecule has 150 valence electrons. The van der Waals surface area contributed by atoms with E-state index in [1.54, 1.807) is 22.3 Å². The Morgan fingerprint density at radius 3 is 2.64 bits per heavy atom. The van der Waals surface area contributed by atoms with Gasteiger partial charge in [0.1, 0.15) is 0 Å². The Balaban J connectivity index is 0.00000225. The molecule has 28 heavy (non-hydrogen) atoms. The molecule has 1 aliphatic rings. The quantitative estimate of drug-likeness (QED) is 0.628. The molecular weight excluding hydrogens is 400 g/mol. The minimum Gasteiger partial charge on any atom is -0.379 e. The second-order valence-electron chi connectivity index (χ2n) is 6.66. The molecule has 0 aliphatic carbocycles. The van der Waals surface area contributed by atoms with Crippen molar-refractivity contribution >= 4 is 45.0 Å². The molecule has 0 atom stereocenters. The fourth-order valence-electron chi connectivity index (χ4n) is 3.17. The minimum absolute atomic E-state index is 0. The van der Waals surface area contributed by atoms with Crippen LogP contribution in [0.4, 0.5) is 5.13 Å². The van der Waals surface area contributed by atoms with E-state index in [1.165, 1.54) is 11.8 Å². The molecule has 0 bridgehead atoms. The lowest BCUT2D eigenvalue weighted by molar-refractivity contribution is 0.0390. The van der Waals surface area contributed by atoms with Gasteiger partial charge < -0.3 is 9.26 Å². The number of fused-ring (bicyclic) bond motifs is 1. The summed E-state index contributed by atoms with van der Waals surface area (Å²) in [6.07, 6.45) is 1.49. The number of amides is 1. The van der Waals surface area contributed by atoms with Crippen LogP contribution in [0.3, 0.4) is 0 Å². The zero-order valence-corrected chi connectivity index (χ0v) is 17.5. The summed E-state index contributed by atoms with van der Waals surface area (Å²) < 4.78 is 11.6. The van der Waals surface area contributed by atoms with Crippen LogP contribution in [0, 0.1) is 13.8 Å². The van der Waals surface area contributed by atoms with Crippen molar-refractivity contribution in [2.24, 2.45) is 0 Å². The number of morpholine rings is 1. The molecule has 9 heteroatoms. The van der Waals surface area contributed by atoms with Crippen molar-refractivity contribution in [2.75, 3.05) is 44.3 Å². The van der Waals surface area contributed by atoms with Crippen LogP contribution in [-0.4, -0.2) is 60.3 Å². The first-order chi connectivity index (χ1) is 13.1. The van der Waals surface area contributed by atoms with Gasteiger partial charge in [-0.25, -0.2) is 4.98 Å². The van der Waals surface area contributed by atoms with E-state index < -0.39 is 0 Å². The summed E-state index contributed by atoms with van der Waals surface area (Å²) in [6, 6.07) is 5.75. The fourth-order valence-corrected chi connectivity index (χ4v) is 4.31. The lowest BCUT2D eigenvalue weighted by atomic mass is 10.1. The minimum atomic E-state index is -0.213. The summed E-state index contributed by atoms with van der Waals surface area (Å²) >= 11 is 1.55. The number of aryl methyl sites for hydroxylation is 2. The Kier molecular flexibility index (Phi) is 6.66. The average molecular weight is 423 g/mol. The Morgan fingerprint density at radius 2 is 1.96 bits per heavy atom. The third-order valence-corrected chi connectivity index (χ3v) is 6.01. The molecule has 1 amide bonds. The maximum absolute atomic E-state index is 13.0. The van der Waals surface area contributed by atoms with E-state index in [2.05, 4.69) is 29.1 Å². The van der Waals surface area contributed by atoms with Crippen molar-refractivity contribution in [1.29, 1.82) is 0 Å². The number of ether oxygens (including phenoxy) is 1. The molecule has 1 aliphatic heterocycles. The van der Waals surface area contributed by atoms with Crippen molar-refractivity contribution in [3.63, 3.8) is 0 Å². The van der Waals surface area contributed by atoms with E-state index in [9.17, 15) is 4.79 Å². The van der Waals surface area contributed by atoms with Crippen molar-refractivity contribution in [3.8, 4) is 0 Å². The number of rotatable bonds is 5. The van der Waals surface area contributed by atoms with Crippen LogP contribution in [0.15, 0.2) is 28.9 Å². The van der Waals surface area contributed by atoms with Crippen LogP contribution >= 0.6 is 23.7 Å². The normalized spacial score (nSPS) is 14.8. The van der Waals surface area contributed by atoms with E-state index in [0.717, 1.165) is 48.6 Å². The molecule has 0 radical (unpaired) electrons. The standard InChI is InChI=1S/C19H22N4O3S.ClH/c1-13-3-4-14(2)17-16(13)21-19(27-17)23(18(24)15-5-6-20-26-15)8-7-22-9-11-25-12-10-22;/h3-6H,7-12H2,1-2H3;1H. The summed E-state index contributed by atoms with van der Waals surface area (Å²) in [6.45, 7) is 8.63. The SMILES string of the molecule is Cc1ccc(C)c2sc(N(CCN3CCOCC3)C(=O)c3ccno3)nc12.Cl. The molecule has 7 nitrogen and oxygen atoms in total. The van der Waals surface area contributed by atoms with Crippen LogP contribution < -0.4 is 4.90 Å². The van der Waals surface area contributed by atoms with E-state index in [1.807, 2.05) is 6.92 Å². The molecule has 0 N–H and O–H groups in total. The van der Waals surface area contributed by atoms with E-state index in [4.69, 9.17) is 14.2 Å². The summed E-state index contributed by atoms with van der Waals surface area (Å²) in [5.41, 5.74) is 3.23. The van der Waals surface area contributed by atoms with Crippen LogP contribution in [0.5, 0.6) is 0 Å². The highest BCUT2D eigenvalue weighted by molar-refractivity contribution is 7.22. The lowest BCUT2D eigenvalue weighted by Gasteiger charge is -2.28. The van der Waals surface area contributed by atoms with Crippen molar-refractivity contribution in [2.45, 2.75) is 13.8 Å². The molecule has 2 aromatic heterocycles. The first-order valence-electron chi connectivity index (χ1n) is 9.03. The van der Waals surface area contributed by atoms with Crippen molar-refractivity contribution in [1.82, 2.24) is 15.0 Å². The number of carbonyl (C=O) groups is 1. The van der Waals surface area contributed by atoms with Gasteiger partial charge in [0.15, 0.2) is 5.13 Å². The Morgan fingerprint density at radius 1 is 1.21 bits per heavy atom. The number of aromatic nitrogens is 2. The average Bonchev–Trinajstić information content (AvgIpc) is 3.36. The third-order valence-electron chi connectivity index (χ3n) is 4.80. The maximum atomic E-state index is 13.0. The van der Waals surface area contributed by atoms with Crippen molar-refractivity contribution in [3.05, 3.63) is 41.3 Å². The Labute approximate surface area is 173 Å². The molecule has 0 unspecified atom stereocenters. The molecule has 1 aromatic carbocycles. The first kappa shape index (κ1) is 20.7. The molecular formula is C19H23ClN4O3S. The molecule has 3 aromatic rings. The molecule has 0 saturated carbocycles. The van der Waals surface area contributed by atoms with Gasteiger partial charge in [0.05, 0.1) is 29.6 Å². The van der Waals surface area contributed by atoms with Gasteiger partial charge in [-0.05, 0) is 25.0 Å². The number of nitrogens with zero attached hydrogens (tertiary/aromatic N) is 4. The van der Waals surface area contributed by atoms with Gasteiger partial charge in [-0.3, -0.25) is 14.6 Å². The lowest BCUT2D eigenvalue weighted by Crippen LogP contribution is -2.43. The van der Waals surface area contributed by atoms with Crippen LogP contribution in [0.1, 0.15) is 21.7 Å². The topological polar surface area (TPSA) is 71.7 Å². The largest absolute Gasteiger partial charge is 0.379 e. The first-order valence-corrected chi connectivity index (χ1v) is 9.84. The molecule has 1 fully saturated rings. The van der Waals surface area contributed by atoms with Gasteiger partial charge >= 0.3 is 0 Å². The predicted molar refractivity (Wildman–Crippen MR) is 112 cm³/mol. The monoisotopic (exact) mass is 422 g/mol. The second kappa shape index (κ2) is 9.00. The Bertz CT molecular complexity index is 899. The Hall–Kier alpha value is -2.00. The van der Waals surface area contributed by atoms with Crippen LogP contribution in [0.25, 0.3) is 10.2 Å². The van der Waals surface area contributed by atoms with E-state index in [0.29, 0.717) is 11.7 Å². The van der Waals surface area contributed by atoms with Gasteiger partial charge in [0.25, 0.3) is 5.91 Å². The molecule has 1 saturated heterocycles. The van der Waals surface area contributed by atoms with E-state index >= 15 is 0 Å². The highest BCUT2D eigenvalue weighted by Crippen LogP contribution is 2.33. The summed E-state index contributed by atoms with van der Waals surface area (Å²) in [5.74, 6) is 0.0137. The third kappa shape index (κ3) is 4.20. The van der Waals surface area contributed by atoms with Gasteiger partial charge in [-0.1, -0.05) is 28.6 Å². The highest BCUT2D eigenvalue weighted by Gasteiger charge is 2.25. The zero-order valence-electron chi connectivity index (χ0n) is 15.9. The zero-order chi connectivity index (χ0) is 18.8. The number of hydrogen-bond acceptors (Lipinski definition) is 7. The van der Waals surface area contributed by atoms with Crippen LogP contribution in [-0.2, 0) is 4.74 Å². The number of halogens is 1. The molecule has 3 heterocycles. The fraction of sp³-hybridized carbons (Fsp3) is 0.421. The number of thiazole rings is 1. The second-order valence-corrected chi connectivity index (χ2v) is 7.64. The highest BCUT2D eigenvalue weighted by atomic mass is 35.5.